The molecule has 1 unspecified atom stereocenters. The second-order valence-electron chi connectivity index (χ2n) is 3.92. The molecular weight excluding hydrogens is 160 g/mol. The van der Waals surface area contributed by atoms with E-state index >= 15 is 0 Å². The molecule has 1 aliphatic rings. The van der Waals surface area contributed by atoms with Crippen LogP contribution in [0.4, 0.5) is 0 Å². The van der Waals surface area contributed by atoms with Gasteiger partial charge in [-0.1, -0.05) is 20.3 Å². The third kappa shape index (κ3) is 3.65. The third-order valence-electron chi connectivity index (χ3n) is 2.69. The van der Waals surface area contributed by atoms with Crippen molar-refractivity contribution >= 4 is 0 Å². The van der Waals surface area contributed by atoms with E-state index in [0.29, 0.717) is 6.17 Å². The Bertz CT molecular complexity index is 119. The maximum atomic E-state index is 4.63. The first-order valence-electron chi connectivity index (χ1n) is 5.79. The molecular formula is C11H23N2. The van der Waals surface area contributed by atoms with Crippen LogP contribution in [0, 0.1) is 0 Å². The minimum atomic E-state index is 0.562. The maximum absolute atomic E-state index is 4.63. The van der Waals surface area contributed by atoms with Gasteiger partial charge in [0.15, 0.2) is 0 Å². The molecule has 1 radical (unpaired) electrons. The van der Waals surface area contributed by atoms with E-state index in [2.05, 4.69) is 24.1 Å². The van der Waals surface area contributed by atoms with Gasteiger partial charge >= 0.3 is 0 Å². The van der Waals surface area contributed by atoms with Crippen LogP contribution in [-0.2, 0) is 0 Å². The molecule has 1 rings (SSSR count). The molecule has 0 aromatic heterocycles. The van der Waals surface area contributed by atoms with Crippen LogP contribution in [-0.4, -0.2) is 30.7 Å². The molecule has 0 amide bonds. The Kier molecular flexibility index (Phi) is 5.40. The average Bonchev–Trinajstić information content (AvgIpc) is 2.65. The quantitative estimate of drug-likeness (QED) is 0.617. The lowest BCUT2D eigenvalue weighted by Gasteiger charge is -2.27. The van der Waals surface area contributed by atoms with Crippen molar-refractivity contribution in [3.63, 3.8) is 0 Å². The molecule has 1 aliphatic heterocycles. The van der Waals surface area contributed by atoms with Crippen LogP contribution < -0.4 is 5.32 Å². The van der Waals surface area contributed by atoms with Crippen molar-refractivity contribution in [2.24, 2.45) is 0 Å². The van der Waals surface area contributed by atoms with Crippen LogP contribution in [0.5, 0.6) is 0 Å². The molecule has 1 heterocycles. The van der Waals surface area contributed by atoms with Crippen LogP contribution in [0.15, 0.2) is 0 Å². The van der Waals surface area contributed by atoms with Gasteiger partial charge in [-0.3, -0.25) is 4.90 Å². The highest BCUT2D eigenvalue weighted by atomic mass is 15.3. The first-order valence-corrected chi connectivity index (χ1v) is 5.79. The summed E-state index contributed by atoms with van der Waals surface area (Å²) in [5.41, 5.74) is 0. The van der Waals surface area contributed by atoms with Crippen LogP contribution in [0.25, 0.3) is 0 Å². The standard InChI is InChI=1S/C11H23N2/c1-3-5-10-13(9-4-2)11-7-6-8-12-11/h11H,3-10H2,1-2H3. The summed E-state index contributed by atoms with van der Waals surface area (Å²) >= 11 is 0. The molecule has 13 heavy (non-hydrogen) atoms. The van der Waals surface area contributed by atoms with Gasteiger partial charge in [0.25, 0.3) is 0 Å². The van der Waals surface area contributed by atoms with Gasteiger partial charge in [0.05, 0.1) is 6.17 Å². The number of rotatable bonds is 6. The van der Waals surface area contributed by atoms with E-state index in [4.69, 9.17) is 0 Å². The zero-order valence-electron chi connectivity index (χ0n) is 9.13. The Morgan fingerprint density at radius 3 is 2.62 bits per heavy atom. The number of nitrogens with zero attached hydrogens (tertiary/aromatic N) is 2. The number of hydrogen-bond acceptors (Lipinski definition) is 1. The van der Waals surface area contributed by atoms with Crippen LogP contribution >= 0.6 is 0 Å². The minimum Gasteiger partial charge on any atom is -0.287 e. The molecule has 2 heteroatoms. The van der Waals surface area contributed by atoms with Gasteiger partial charge in [0.1, 0.15) is 0 Å². The first kappa shape index (κ1) is 11.0. The van der Waals surface area contributed by atoms with E-state index in [-0.39, 0.29) is 0 Å². The zero-order chi connectivity index (χ0) is 9.52. The van der Waals surface area contributed by atoms with Crippen molar-refractivity contribution in [1.29, 1.82) is 0 Å². The summed E-state index contributed by atoms with van der Waals surface area (Å²) in [7, 11) is 0. The van der Waals surface area contributed by atoms with E-state index in [1.807, 2.05) is 0 Å². The Balaban J connectivity index is 2.26. The van der Waals surface area contributed by atoms with Crippen molar-refractivity contribution in [3.05, 3.63) is 0 Å². The molecule has 0 aromatic rings. The predicted molar refractivity (Wildman–Crippen MR) is 56.8 cm³/mol. The normalized spacial score (nSPS) is 22.8. The largest absolute Gasteiger partial charge is 0.287 e. The van der Waals surface area contributed by atoms with Crippen LogP contribution in [0.1, 0.15) is 46.0 Å². The molecule has 0 N–H and O–H groups in total. The summed E-state index contributed by atoms with van der Waals surface area (Å²) in [5, 5.41) is 4.63. The first-order chi connectivity index (χ1) is 6.38. The predicted octanol–water partition coefficient (Wildman–Crippen LogP) is 2.22. The van der Waals surface area contributed by atoms with Gasteiger partial charge in [-0.25, -0.2) is 5.32 Å². The van der Waals surface area contributed by atoms with Crippen molar-refractivity contribution < 1.29 is 0 Å². The van der Waals surface area contributed by atoms with Crippen LogP contribution in [0.3, 0.4) is 0 Å². The summed E-state index contributed by atoms with van der Waals surface area (Å²) in [6, 6.07) is 0. The van der Waals surface area contributed by atoms with Crippen molar-refractivity contribution in [2.75, 3.05) is 19.6 Å². The Hall–Kier alpha value is -0.0800. The molecule has 0 aliphatic carbocycles. The average molecular weight is 183 g/mol. The number of hydrogen-bond donors (Lipinski definition) is 0. The summed E-state index contributed by atoms with van der Waals surface area (Å²) in [6.07, 6.45) is 7.04. The molecule has 0 saturated carbocycles. The molecule has 0 aromatic carbocycles. The zero-order valence-corrected chi connectivity index (χ0v) is 9.13. The van der Waals surface area contributed by atoms with Crippen molar-refractivity contribution in [2.45, 2.75) is 52.1 Å². The van der Waals surface area contributed by atoms with Crippen molar-refractivity contribution in [1.82, 2.24) is 10.2 Å². The Labute approximate surface area is 82.7 Å². The fourth-order valence-electron chi connectivity index (χ4n) is 1.96. The maximum Gasteiger partial charge on any atom is 0.0761 e. The van der Waals surface area contributed by atoms with E-state index in [9.17, 15) is 0 Å². The van der Waals surface area contributed by atoms with E-state index in [1.165, 1.54) is 45.2 Å². The molecule has 0 spiro atoms. The highest BCUT2D eigenvalue weighted by Crippen LogP contribution is 2.13. The Morgan fingerprint density at radius 2 is 2.08 bits per heavy atom. The monoisotopic (exact) mass is 183 g/mol. The van der Waals surface area contributed by atoms with Gasteiger partial charge < -0.3 is 0 Å². The second-order valence-corrected chi connectivity index (χ2v) is 3.92. The van der Waals surface area contributed by atoms with Gasteiger partial charge in [-0.15, -0.1) is 0 Å². The SMILES string of the molecule is CCCCN(CCC)C1CCC[N]1. The van der Waals surface area contributed by atoms with Gasteiger partial charge in [-0.2, -0.15) is 0 Å². The van der Waals surface area contributed by atoms with Gasteiger partial charge in [0, 0.05) is 6.54 Å². The summed E-state index contributed by atoms with van der Waals surface area (Å²) in [6.45, 7) is 8.09. The lowest BCUT2D eigenvalue weighted by atomic mass is 10.2. The minimum absolute atomic E-state index is 0.562. The lowest BCUT2D eigenvalue weighted by Crippen LogP contribution is -2.39. The molecule has 1 atom stereocenters. The van der Waals surface area contributed by atoms with Gasteiger partial charge in [-0.05, 0) is 38.8 Å². The molecule has 2 nitrogen and oxygen atoms in total. The fourth-order valence-corrected chi connectivity index (χ4v) is 1.96. The van der Waals surface area contributed by atoms with Crippen molar-refractivity contribution in [3.8, 4) is 0 Å². The number of unbranched alkanes of at least 4 members (excludes halogenated alkanes) is 1. The fraction of sp³-hybridized carbons (Fsp3) is 1.00. The molecule has 77 valence electrons. The third-order valence-corrected chi connectivity index (χ3v) is 2.69. The molecule has 0 bridgehead atoms. The summed E-state index contributed by atoms with van der Waals surface area (Å²) < 4.78 is 0. The van der Waals surface area contributed by atoms with Crippen LogP contribution in [0.2, 0.25) is 0 Å². The summed E-state index contributed by atoms with van der Waals surface area (Å²) in [4.78, 5) is 2.57. The van der Waals surface area contributed by atoms with E-state index in [1.54, 1.807) is 0 Å². The van der Waals surface area contributed by atoms with E-state index in [0.717, 1.165) is 6.54 Å². The molecule has 1 fully saturated rings. The Morgan fingerprint density at radius 1 is 1.23 bits per heavy atom. The highest BCUT2D eigenvalue weighted by Gasteiger charge is 2.21. The smallest absolute Gasteiger partial charge is 0.0761 e. The second kappa shape index (κ2) is 6.39. The lowest BCUT2D eigenvalue weighted by molar-refractivity contribution is 0.176. The molecule has 1 saturated heterocycles. The summed E-state index contributed by atoms with van der Waals surface area (Å²) in [5.74, 6) is 0. The van der Waals surface area contributed by atoms with E-state index < -0.39 is 0 Å². The topological polar surface area (TPSA) is 17.3 Å². The highest BCUT2D eigenvalue weighted by molar-refractivity contribution is 4.74. The van der Waals surface area contributed by atoms with Gasteiger partial charge in [0.2, 0.25) is 0 Å².